The Balaban J connectivity index is 3.04. The molecule has 0 aliphatic carbocycles. The molecule has 5 nitrogen and oxygen atoms in total. The van der Waals surface area contributed by atoms with Gasteiger partial charge in [0.05, 0.1) is 0 Å². The van der Waals surface area contributed by atoms with Gasteiger partial charge in [0, 0.05) is 11.8 Å². The zero-order chi connectivity index (χ0) is 11.6. The first-order valence-corrected chi connectivity index (χ1v) is 3.54. The smallest absolute Gasteiger partial charge is 0.477 e. The summed E-state index contributed by atoms with van der Waals surface area (Å²) in [5.74, 6) is -2.39. The molecule has 1 heterocycles. The summed E-state index contributed by atoms with van der Waals surface area (Å²) in [6, 6.07) is 1.70. The van der Waals surface area contributed by atoms with Crippen LogP contribution in [-0.4, -0.2) is 22.4 Å². The summed E-state index contributed by atoms with van der Waals surface area (Å²) in [5, 5.41) is 8.48. The number of aromatic carboxylic acids is 1. The largest absolute Gasteiger partial charge is 0.574 e. The van der Waals surface area contributed by atoms with Gasteiger partial charge in [-0.3, -0.25) is 0 Å². The van der Waals surface area contributed by atoms with Crippen LogP contribution in [0.4, 0.5) is 18.9 Å². The Morgan fingerprint density at radius 3 is 2.53 bits per heavy atom. The molecule has 0 amide bonds. The highest BCUT2D eigenvalue weighted by atomic mass is 19.4. The molecule has 1 aromatic heterocycles. The van der Waals surface area contributed by atoms with Crippen molar-refractivity contribution in [2.45, 2.75) is 6.36 Å². The minimum absolute atomic E-state index is 0.179. The molecule has 0 spiro atoms. The molecule has 3 N–H and O–H groups in total. The van der Waals surface area contributed by atoms with E-state index < -0.39 is 23.9 Å². The standard InChI is InChI=1S/C7H5F3N2O3/c8-7(9,10)15-5-2-3(11)1-4(12-5)6(13)14/h1-2H,(H2,11,12)(H,13,14). The second-order valence-electron chi connectivity index (χ2n) is 2.48. The van der Waals surface area contributed by atoms with Gasteiger partial charge in [0.1, 0.15) is 0 Å². The first kappa shape index (κ1) is 11.1. The molecule has 0 aliphatic heterocycles. The Kier molecular flexibility index (Phi) is 2.69. The molecule has 0 saturated carbocycles. The van der Waals surface area contributed by atoms with E-state index in [-0.39, 0.29) is 5.69 Å². The number of carboxylic acid groups (broad SMARTS) is 1. The van der Waals surface area contributed by atoms with Gasteiger partial charge < -0.3 is 15.6 Å². The molecule has 1 aromatic rings. The van der Waals surface area contributed by atoms with Crippen molar-refractivity contribution >= 4 is 11.7 Å². The predicted octanol–water partition coefficient (Wildman–Crippen LogP) is 1.26. The van der Waals surface area contributed by atoms with E-state index in [9.17, 15) is 18.0 Å². The Hall–Kier alpha value is -1.99. The lowest BCUT2D eigenvalue weighted by molar-refractivity contribution is -0.276. The third-order valence-corrected chi connectivity index (χ3v) is 1.26. The van der Waals surface area contributed by atoms with Crippen molar-refractivity contribution in [2.24, 2.45) is 0 Å². The lowest BCUT2D eigenvalue weighted by Gasteiger charge is -2.08. The molecular formula is C7H5F3N2O3. The number of ether oxygens (including phenoxy) is 1. The number of alkyl halides is 3. The van der Waals surface area contributed by atoms with Crippen molar-refractivity contribution in [3.63, 3.8) is 0 Å². The number of carboxylic acids is 1. The maximum Gasteiger partial charge on any atom is 0.574 e. The van der Waals surface area contributed by atoms with Crippen molar-refractivity contribution < 1.29 is 27.8 Å². The van der Waals surface area contributed by atoms with Gasteiger partial charge in [-0.05, 0) is 6.07 Å². The highest BCUT2D eigenvalue weighted by Crippen LogP contribution is 2.22. The monoisotopic (exact) mass is 222 g/mol. The van der Waals surface area contributed by atoms with Gasteiger partial charge in [-0.15, -0.1) is 13.2 Å². The summed E-state index contributed by atoms with van der Waals surface area (Å²) in [6.07, 6.45) is -4.93. The van der Waals surface area contributed by atoms with Crippen molar-refractivity contribution in [3.05, 3.63) is 17.8 Å². The van der Waals surface area contributed by atoms with Crippen LogP contribution in [0.25, 0.3) is 0 Å². The lowest BCUT2D eigenvalue weighted by atomic mass is 10.3. The van der Waals surface area contributed by atoms with Gasteiger partial charge in [0.2, 0.25) is 5.88 Å². The molecule has 8 heteroatoms. The van der Waals surface area contributed by atoms with Gasteiger partial charge in [0.25, 0.3) is 0 Å². The van der Waals surface area contributed by atoms with Crippen molar-refractivity contribution in [1.29, 1.82) is 0 Å². The molecule has 0 radical (unpaired) electrons. The molecule has 0 aromatic carbocycles. The van der Waals surface area contributed by atoms with Crippen LogP contribution in [0, 0.1) is 0 Å². The van der Waals surface area contributed by atoms with Gasteiger partial charge in [-0.25, -0.2) is 9.78 Å². The van der Waals surface area contributed by atoms with Crippen LogP contribution >= 0.6 is 0 Å². The number of rotatable bonds is 2. The van der Waals surface area contributed by atoms with Gasteiger partial charge in [-0.1, -0.05) is 0 Å². The number of hydrogen-bond donors (Lipinski definition) is 2. The maximum atomic E-state index is 11.8. The van der Waals surface area contributed by atoms with E-state index in [0.717, 1.165) is 12.1 Å². The second-order valence-corrected chi connectivity index (χ2v) is 2.48. The Bertz CT molecular complexity index is 392. The van der Waals surface area contributed by atoms with Crippen LogP contribution in [0.1, 0.15) is 10.5 Å². The average molecular weight is 222 g/mol. The van der Waals surface area contributed by atoms with Crippen molar-refractivity contribution in [2.75, 3.05) is 5.73 Å². The zero-order valence-corrected chi connectivity index (χ0v) is 7.08. The number of anilines is 1. The number of pyridine rings is 1. The van der Waals surface area contributed by atoms with E-state index in [0.29, 0.717) is 0 Å². The minimum atomic E-state index is -4.93. The van der Waals surface area contributed by atoms with E-state index in [4.69, 9.17) is 10.8 Å². The summed E-state index contributed by atoms with van der Waals surface area (Å²) in [6.45, 7) is 0. The summed E-state index contributed by atoms with van der Waals surface area (Å²) in [4.78, 5) is 13.5. The van der Waals surface area contributed by atoms with Crippen LogP contribution in [0.5, 0.6) is 5.88 Å². The molecule has 0 aliphatic rings. The number of nitrogens with zero attached hydrogens (tertiary/aromatic N) is 1. The van der Waals surface area contributed by atoms with Crippen LogP contribution in [0.3, 0.4) is 0 Å². The molecule has 0 fully saturated rings. The zero-order valence-electron chi connectivity index (χ0n) is 7.08. The van der Waals surface area contributed by atoms with Gasteiger partial charge >= 0.3 is 12.3 Å². The molecule has 15 heavy (non-hydrogen) atoms. The van der Waals surface area contributed by atoms with E-state index >= 15 is 0 Å². The summed E-state index contributed by atoms with van der Waals surface area (Å²) >= 11 is 0. The molecule has 1 rings (SSSR count). The molecule has 0 saturated heterocycles. The fraction of sp³-hybridized carbons (Fsp3) is 0.143. The first-order chi connectivity index (χ1) is 6.78. The number of carbonyl (C=O) groups is 1. The third-order valence-electron chi connectivity index (χ3n) is 1.26. The molecule has 0 bridgehead atoms. The van der Waals surface area contributed by atoms with E-state index in [2.05, 4.69) is 9.72 Å². The average Bonchev–Trinajstić information content (AvgIpc) is 1.99. The first-order valence-electron chi connectivity index (χ1n) is 3.54. The van der Waals surface area contributed by atoms with Gasteiger partial charge in [0.15, 0.2) is 5.69 Å². The Morgan fingerprint density at radius 2 is 2.07 bits per heavy atom. The highest BCUT2D eigenvalue weighted by molar-refractivity contribution is 5.86. The van der Waals surface area contributed by atoms with Crippen LogP contribution in [0.2, 0.25) is 0 Å². The molecule has 0 atom stereocenters. The third kappa shape index (κ3) is 3.33. The highest BCUT2D eigenvalue weighted by Gasteiger charge is 2.32. The van der Waals surface area contributed by atoms with Crippen LogP contribution < -0.4 is 10.5 Å². The normalized spacial score (nSPS) is 11.1. The predicted molar refractivity (Wildman–Crippen MR) is 42.3 cm³/mol. The summed E-state index contributed by atoms with van der Waals surface area (Å²) in [7, 11) is 0. The van der Waals surface area contributed by atoms with Crippen LogP contribution in [-0.2, 0) is 0 Å². The lowest BCUT2D eigenvalue weighted by Crippen LogP contribution is -2.18. The fourth-order valence-corrected chi connectivity index (χ4v) is 0.806. The number of halogens is 3. The number of nitrogens with two attached hydrogens (primary N) is 1. The maximum absolute atomic E-state index is 11.8. The van der Waals surface area contributed by atoms with Crippen LogP contribution in [0.15, 0.2) is 12.1 Å². The van der Waals surface area contributed by atoms with E-state index in [1.165, 1.54) is 0 Å². The summed E-state index contributed by atoms with van der Waals surface area (Å²) < 4.78 is 38.7. The number of aromatic nitrogens is 1. The van der Waals surface area contributed by atoms with Crippen molar-refractivity contribution in [1.82, 2.24) is 4.98 Å². The second kappa shape index (κ2) is 3.64. The molecule has 0 unspecified atom stereocenters. The summed E-state index contributed by atoms with van der Waals surface area (Å²) in [5.41, 5.74) is 4.37. The van der Waals surface area contributed by atoms with E-state index in [1.807, 2.05) is 0 Å². The quantitative estimate of drug-likeness (QED) is 0.786. The van der Waals surface area contributed by atoms with Gasteiger partial charge in [-0.2, -0.15) is 0 Å². The number of hydrogen-bond acceptors (Lipinski definition) is 4. The Morgan fingerprint density at radius 1 is 1.47 bits per heavy atom. The topological polar surface area (TPSA) is 85.4 Å². The molecular weight excluding hydrogens is 217 g/mol. The van der Waals surface area contributed by atoms with E-state index in [1.54, 1.807) is 0 Å². The molecule has 82 valence electrons. The fourth-order valence-electron chi connectivity index (χ4n) is 0.806. The number of nitrogen functional groups attached to an aromatic ring is 1. The van der Waals surface area contributed by atoms with Crippen molar-refractivity contribution in [3.8, 4) is 5.88 Å². The SMILES string of the molecule is Nc1cc(OC(F)(F)F)nc(C(=O)O)c1. The Labute approximate surface area is 81.3 Å². The minimum Gasteiger partial charge on any atom is -0.477 e.